The van der Waals surface area contributed by atoms with Crippen molar-refractivity contribution in [3.05, 3.63) is 0 Å². The molecule has 0 unspecified atom stereocenters. The van der Waals surface area contributed by atoms with Crippen LogP contribution < -0.4 is 0 Å². The summed E-state index contributed by atoms with van der Waals surface area (Å²) in [5.41, 5.74) is -0.408. The van der Waals surface area contributed by atoms with Gasteiger partial charge in [-0.25, -0.2) is 5.11 Å². The Hall–Kier alpha value is -0.570. The number of carbonyl (C=O) groups is 1. The zero-order chi connectivity index (χ0) is 11.0. The Morgan fingerprint density at radius 3 is 2.14 bits per heavy atom. The fraction of sp³-hybridized carbons (Fsp3) is 0.909. The van der Waals surface area contributed by atoms with E-state index in [-0.39, 0.29) is 12.6 Å². The predicted molar refractivity (Wildman–Crippen MR) is 54.4 cm³/mol. The molecule has 0 aromatic carbocycles. The second-order valence-electron chi connectivity index (χ2n) is 4.50. The largest absolute Gasteiger partial charge is 0.465 e. The summed E-state index contributed by atoms with van der Waals surface area (Å²) in [5.74, 6) is -0.152. The molecule has 3 heteroatoms. The summed E-state index contributed by atoms with van der Waals surface area (Å²) in [6.07, 6.45) is 3.51. The van der Waals surface area contributed by atoms with Crippen molar-refractivity contribution in [3.63, 3.8) is 0 Å². The van der Waals surface area contributed by atoms with Crippen molar-refractivity contribution in [1.82, 2.24) is 0 Å². The van der Waals surface area contributed by atoms with Crippen molar-refractivity contribution in [2.75, 3.05) is 13.2 Å². The fourth-order valence-corrected chi connectivity index (χ4v) is 0.939. The molecule has 0 aromatic heterocycles. The van der Waals surface area contributed by atoms with E-state index in [1.165, 1.54) is 0 Å². The van der Waals surface area contributed by atoms with Crippen LogP contribution in [-0.2, 0) is 14.6 Å². The van der Waals surface area contributed by atoms with Gasteiger partial charge in [0.1, 0.15) is 0 Å². The minimum atomic E-state index is -0.408. The molecule has 0 rings (SSSR count). The van der Waals surface area contributed by atoms with Crippen molar-refractivity contribution >= 4 is 5.97 Å². The number of rotatable bonds is 6. The number of unbranched alkanes of at least 4 members (excludes halogenated alkanes) is 3. The van der Waals surface area contributed by atoms with Crippen LogP contribution in [0.3, 0.4) is 0 Å². The van der Waals surface area contributed by atoms with Crippen LogP contribution in [0.25, 0.3) is 0 Å². The van der Waals surface area contributed by atoms with Crippen LogP contribution >= 0.6 is 0 Å². The van der Waals surface area contributed by atoms with Gasteiger partial charge in [0.25, 0.3) is 0 Å². The van der Waals surface area contributed by atoms with Gasteiger partial charge in [-0.1, -0.05) is 6.42 Å². The number of carbonyl (C=O) groups excluding carboxylic acids is 1. The van der Waals surface area contributed by atoms with Gasteiger partial charge in [0, 0.05) is 0 Å². The Labute approximate surface area is 86.5 Å². The molecule has 0 spiro atoms. The summed E-state index contributed by atoms with van der Waals surface area (Å²) in [7, 11) is 0. The van der Waals surface area contributed by atoms with E-state index in [9.17, 15) is 9.90 Å². The van der Waals surface area contributed by atoms with E-state index in [4.69, 9.17) is 4.74 Å². The Morgan fingerprint density at radius 2 is 1.64 bits per heavy atom. The van der Waals surface area contributed by atoms with Gasteiger partial charge in [-0.2, -0.15) is 0 Å². The second kappa shape index (κ2) is 6.82. The lowest BCUT2D eigenvalue weighted by Crippen LogP contribution is -2.23. The zero-order valence-corrected chi connectivity index (χ0v) is 9.47. The Balaban J connectivity index is 3.33. The molecule has 0 bridgehead atoms. The van der Waals surface area contributed by atoms with E-state index in [0.29, 0.717) is 6.61 Å². The average Bonchev–Trinajstić information content (AvgIpc) is 2.09. The lowest BCUT2D eigenvalue weighted by molar-refractivity contribution is -0.153. The van der Waals surface area contributed by atoms with Crippen LogP contribution in [0.15, 0.2) is 0 Å². The Morgan fingerprint density at radius 1 is 1.07 bits per heavy atom. The number of esters is 1. The molecule has 0 amide bonds. The number of ether oxygens (including phenoxy) is 1. The molecule has 83 valence electrons. The third-order valence-corrected chi connectivity index (χ3v) is 1.88. The fourth-order valence-electron chi connectivity index (χ4n) is 0.939. The monoisotopic (exact) mass is 201 g/mol. The van der Waals surface area contributed by atoms with Crippen molar-refractivity contribution < 1.29 is 14.6 Å². The quantitative estimate of drug-likeness (QED) is 0.489. The highest BCUT2D eigenvalue weighted by atomic mass is 16.5. The van der Waals surface area contributed by atoms with Gasteiger partial charge in [-0.3, -0.25) is 4.79 Å². The molecule has 0 aliphatic carbocycles. The highest BCUT2D eigenvalue weighted by molar-refractivity contribution is 5.75. The predicted octanol–water partition coefficient (Wildman–Crippen LogP) is 2.57. The van der Waals surface area contributed by atoms with Gasteiger partial charge < -0.3 is 4.74 Å². The SMILES string of the molecule is CC(C)(C)C(=O)OCCCCCC[O]. The Kier molecular flexibility index (Phi) is 6.54. The number of hydrogen-bond donors (Lipinski definition) is 0. The minimum Gasteiger partial charge on any atom is -0.465 e. The summed E-state index contributed by atoms with van der Waals surface area (Å²) in [5, 5.41) is 10.1. The maximum atomic E-state index is 11.3. The molecule has 1 radical (unpaired) electrons. The molecule has 0 atom stereocenters. The molecule has 0 N–H and O–H groups in total. The van der Waals surface area contributed by atoms with Crippen LogP contribution in [0.4, 0.5) is 0 Å². The third-order valence-electron chi connectivity index (χ3n) is 1.88. The van der Waals surface area contributed by atoms with Gasteiger partial charge in [0.2, 0.25) is 0 Å². The van der Waals surface area contributed by atoms with Crippen molar-refractivity contribution in [2.24, 2.45) is 5.41 Å². The molecule has 0 saturated carbocycles. The molecular formula is C11H21O3. The van der Waals surface area contributed by atoms with Crippen LogP contribution in [-0.4, -0.2) is 19.2 Å². The van der Waals surface area contributed by atoms with Crippen LogP contribution in [0.1, 0.15) is 46.5 Å². The third kappa shape index (κ3) is 6.89. The topological polar surface area (TPSA) is 46.2 Å². The summed E-state index contributed by atoms with van der Waals surface area (Å²) in [6.45, 7) is 6.00. The lowest BCUT2D eigenvalue weighted by Gasteiger charge is -2.16. The van der Waals surface area contributed by atoms with Crippen LogP contribution in [0, 0.1) is 5.41 Å². The first-order chi connectivity index (χ1) is 6.48. The molecular weight excluding hydrogens is 180 g/mol. The first kappa shape index (κ1) is 13.4. The van der Waals surface area contributed by atoms with E-state index in [1.54, 1.807) is 0 Å². The normalized spacial score (nSPS) is 11.4. The molecule has 0 fully saturated rings. The molecule has 0 aliphatic heterocycles. The number of hydrogen-bond acceptors (Lipinski definition) is 2. The van der Waals surface area contributed by atoms with Gasteiger partial charge in [0.15, 0.2) is 0 Å². The van der Waals surface area contributed by atoms with Crippen LogP contribution in [0.2, 0.25) is 0 Å². The lowest BCUT2D eigenvalue weighted by atomic mass is 9.97. The first-order valence-corrected chi connectivity index (χ1v) is 5.24. The highest BCUT2D eigenvalue weighted by Crippen LogP contribution is 2.15. The molecule has 3 nitrogen and oxygen atoms in total. The molecule has 0 aromatic rings. The van der Waals surface area contributed by atoms with Gasteiger partial charge in [0.05, 0.1) is 18.6 Å². The van der Waals surface area contributed by atoms with E-state index < -0.39 is 5.41 Å². The molecule has 0 heterocycles. The van der Waals surface area contributed by atoms with E-state index in [0.717, 1.165) is 25.7 Å². The van der Waals surface area contributed by atoms with Crippen molar-refractivity contribution in [1.29, 1.82) is 0 Å². The van der Waals surface area contributed by atoms with Crippen molar-refractivity contribution in [3.8, 4) is 0 Å². The van der Waals surface area contributed by atoms with E-state index in [1.807, 2.05) is 20.8 Å². The summed E-state index contributed by atoms with van der Waals surface area (Å²) in [6, 6.07) is 0. The van der Waals surface area contributed by atoms with Gasteiger partial charge in [-0.15, -0.1) is 0 Å². The Bertz CT molecular complexity index is 158. The molecule has 14 heavy (non-hydrogen) atoms. The van der Waals surface area contributed by atoms with Gasteiger partial charge in [-0.05, 0) is 40.0 Å². The summed E-state index contributed by atoms with van der Waals surface area (Å²) in [4.78, 5) is 11.3. The van der Waals surface area contributed by atoms with Crippen molar-refractivity contribution in [2.45, 2.75) is 46.5 Å². The highest BCUT2D eigenvalue weighted by Gasteiger charge is 2.22. The first-order valence-electron chi connectivity index (χ1n) is 5.24. The standard InChI is InChI=1S/C11H21O3/c1-11(2,3)10(13)14-9-7-5-4-6-8-12/h4-9H2,1-3H3. The smallest absolute Gasteiger partial charge is 0.311 e. The summed E-state index contributed by atoms with van der Waals surface area (Å²) >= 11 is 0. The maximum Gasteiger partial charge on any atom is 0.311 e. The second-order valence-corrected chi connectivity index (χ2v) is 4.50. The molecule has 0 saturated heterocycles. The van der Waals surface area contributed by atoms with E-state index >= 15 is 0 Å². The minimum absolute atomic E-state index is 0.00176. The average molecular weight is 201 g/mol. The molecule has 0 aliphatic rings. The van der Waals surface area contributed by atoms with E-state index in [2.05, 4.69) is 0 Å². The summed E-state index contributed by atoms with van der Waals surface area (Å²) < 4.78 is 5.07. The van der Waals surface area contributed by atoms with Crippen LogP contribution in [0.5, 0.6) is 0 Å². The zero-order valence-electron chi connectivity index (χ0n) is 9.47. The van der Waals surface area contributed by atoms with Gasteiger partial charge >= 0.3 is 5.97 Å². The maximum absolute atomic E-state index is 11.3.